The van der Waals surface area contributed by atoms with Gasteiger partial charge in [0.05, 0.1) is 0 Å². The number of carbonyl (C=O) groups is 3. The van der Waals surface area contributed by atoms with Crippen LogP contribution in [0.25, 0.3) is 0 Å². The lowest BCUT2D eigenvalue weighted by molar-refractivity contribution is -0.167. The molecule has 0 aliphatic heterocycles. The van der Waals surface area contributed by atoms with Gasteiger partial charge in [-0.2, -0.15) is 0 Å². The maximum atomic E-state index is 12.8. The molecule has 0 rings (SSSR count). The molecule has 0 spiro atoms. The summed E-state index contributed by atoms with van der Waals surface area (Å²) in [5.74, 6) is -0.905. The second-order valence-corrected chi connectivity index (χ2v) is 18.5. The van der Waals surface area contributed by atoms with Crippen molar-refractivity contribution in [2.24, 2.45) is 0 Å². The van der Waals surface area contributed by atoms with E-state index in [1.165, 1.54) is 173 Å². The van der Waals surface area contributed by atoms with E-state index in [-0.39, 0.29) is 31.1 Å². The fraction of sp³-hybridized carbons (Fsp3) is 0.842. The van der Waals surface area contributed by atoms with E-state index >= 15 is 0 Å². The second kappa shape index (κ2) is 52.3. The van der Waals surface area contributed by atoms with Crippen LogP contribution >= 0.6 is 0 Å². The topological polar surface area (TPSA) is 78.9 Å². The number of ether oxygens (including phenoxy) is 3. The lowest BCUT2D eigenvalue weighted by Gasteiger charge is -2.18. The number of unbranched alkanes of at least 4 members (excludes halogenated alkanes) is 33. The number of hydrogen-bond donors (Lipinski definition) is 0. The van der Waals surface area contributed by atoms with E-state index in [4.69, 9.17) is 14.2 Å². The molecule has 0 aromatic carbocycles. The van der Waals surface area contributed by atoms with Crippen LogP contribution in [0.5, 0.6) is 0 Å². The van der Waals surface area contributed by atoms with Crippen LogP contribution in [-0.2, 0) is 28.6 Å². The number of esters is 3. The number of carbonyl (C=O) groups excluding carboxylic acids is 3. The first-order valence-corrected chi connectivity index (χ1v) is 27.5. The average Bonchev–Trinajstić information content (AvgIpc) is 3.28. The molecule has 0 amide bonds. The summed E-state index contributed by atoms with van der Waals surface area (Å²) in [5, 5.41) is 0. The Morgan fingerprint density at radius 2 is 0.619 bits per heavy atom. The third-order valence-electron chi connectivity index (χ3n) is 12.2. The maximum Gasteiger partial charge on any atom is 0.306 e. The molecule has 0 aliphatic rings. The first-order chi connectivity index (χ1) is 31.0. The van der Waals surface area contributed by atoms with Gasteiger partial charge in [0, 0.05) is 19.3 Å². The van der Waals surface area contributed by atoms with Crippen LogP contribution in [0.4, 0.5) is 0 Å². The molecule has 6 nitrogen and oxygen atoms in total. The zero-order valence-corrected chi connectivity index (χ0v) is 42.1. The zero-order valence-electron chi connectivity index (χ0n) is 42.1. The Kier molecular flexibility index (Phi) is 50.3. The Hall–Kier alpha value is -2.37. The molecule has 0 saturated heterocycles. The molecule has 0 saturated carbocycles. The number of rotatable bonds is 50. The van der Waals surface area contributed by atoms with Gasteiger partial charge in [-0.05, 0) is 51.4 Å². The maximum absolute atomic E-state index is 12.8. The van der Waals surface area contributed by atoms with E-state index in [0.29, 0.717) is 19.3 Å². The van der Waals surface area contributed by atoms with Crippen LogP contribution in [0, 0.1) is 0 Å². The van der Waals surface area contributed by atoms with Crippen molar-refractivity contribution in [3.63, 3.8) is 0 Å². The van der Waals surface area contributed by atoms with Gasteiger partial charge < -0.3 is 14.2 Å². The third-order valence-corrected chi connectivity index (χ3v) is 12.2. The fourth-order valence-corrected chi connectivity index (χ4v) is 8.05. The van der Waals surface area contributed by atoms with Crippen molar-refractivity contribution in [1.82, 2.24) is 0 Å². The minimum atomic E-state index is -0.782. The smallest absolute Gasteiger partial charge is 0.306 e. The summed E-state index contributed by atoms with van der Waals surface area (Å²) in [6.07, 6.45) is 61.4. The summed E-state index contributed by atoms with van der Waals surface area (Å²) in [6.45, 7) is 6.53. The lowest BCUT2D eigenvalue weighted by Crippen LogP contribution is -2.30. The molecule has 368 valence electrons. The quantitative estimate of drug-likeness (QED) is 0.0262. The first-order valence-electron chi connectivity index (χ1n) is 27.5. The fourth-order valence-electron chi connectivity index (χ4n) is 8.05. The summed E-state index contributed by atoms with van der Waals surface area (Å²) in [5.41, 5.74) is 0. The van der Waals surface area contributed by atoms with Crippen LogP contribution in [0.3, 0.4) is 0 Å². The average molecular weight is 885 g/mol. The molecule has 0 bridgehead atoms. The van der Waals surface area contributed by atoms with E-state index in [2.05, 4.69) is 57.2 Å². The zero-order chi connectivity index (χ0) is 45.8. The Labute approximate surface area is 391 Å². The molecule has 6 heteroatoms. The Bertz CT molecular complexity index is 1060. The molecule has 0 aromatic heterocycles. The molecule has 0 aromatic rings. The van der Waals surface area contributed by atoms with Gasteiger partial charge in [-0.25, -0.2) is 0 Å². The molecule has 0 aliphatic carbocycles. The van der Waals surface area contributed by atoms with E-state index in [0.717, 1.165) is 77.0 Å². The third kappa shape index (κ3) is 50.5. The van der Waals surface area contributed by atoms with Crippen molar-refractivity contribution < 1.29 is 28.6 Å². The molecule has 0 fully saturated rings. The molecule has 1 unspecified atom stereocenters. The van der Waals surface area contributed by atoms with Gasteiger partial charge in [0.15, 0.2) is 6.10 Å². The summed E-state index contributed by atoms with van der Waals surface area (Å²) < 4.78 is 16.8. The summed E-state index contributed by atoms with van der Waals surface area (Å²) in [4.78, 5) is 38.0. The van der Waals surface area contributed by atoms with Gasteiger partial charge in [-0.15, -0.1) is 0 Å². The molecular formula is C57H104O6. The standard InChI is InChI=1S/C57H104O6/c1-4-7-10-13-16-19-22-25-27-28-29-31-32-35-38-41-44-47-50-56(59)62-53-54(52-61-55(58)49-46-43-40-37-34-24-21-18-15-12-9-6-3)63-57(60)51-48-45-42-39-36-33-30-26-23-20-17-14-11-8-5-2/h9,12,18,21,34,37,54H,4-8,10-11,13-17,19-20,22-33,35-36,38-53H2,1-3H3/b12-9-,21-18-,37-34-. The van der Waals surface area contributed by atoms with Gasteiger partial charge in [0.1, 0.15) is 13.2 Å². The van der Waals surface area contributed by atoms with Gasteiger partial charge in [0.2, 0.25) is 0 Å². The molecular weight excluding hydrogens is 781 g/mol. The summed E-state index contributed by atoms with van der Waals surface area (Å²) in [7, 11) is 0. The lowest BCUT2D eigenvalue weighted by atomic mass is 10.0. The predicted octanol–water partition coefficient (Wildman–Crippen LogP) is 18.1. The highest BCUT2D eigenvalue weighted by atomic mass is 16.6. The van der Waals surface area contributed by atoms with Crippen molar-refractivity contribution in [3.8, 4) is 0 Å². The predicted molar refractivity (Wildman–Crippen MR) is 270 cm³/mol. The van der Waals surface area contributed by atoms with Crippen LogP contribution in [-0.4, -0.2) is 37.2 Å². The van der Waals surface area contributed by atoms with Gasteiger partial charge >= 0.3 is 17.9 Å². The van der Waals surface area contributed by atoms with E-state index in [1.54, 1.807) is 0 Å². The van der Waals surface area contributed by atoms with Gasteiger partial charge in [0.25, 0.3) is 0 Å². The minimum absolute atomic E-state index is 0.0795. The Morgan fingerprint density at radius 1 is 0.333 bits per heavy atom. The highest BCUT2D eigenvalue weighted by molar-refractivity contribution is 5.71. The van der Waals surface area contributed by atoms with Crippen molar-refractivity contribution in [1.29, 1.82) is 0 Å². The number of allylic oxidation sites excluding steroid dienone is 6. The van der Waals surface area contributed by atoms with Crippen molar-refractivity contribution in [3.05, 3.63) is 36.5 Å². The van der Waals surface area contributed by atoms with E-state index in [9.17, 15) is 14.4 Å². The highest BCUT2D eigenvalue weighted by Gasteiger charge is 2.19. The van der Waals surface area contributed by atoms with Gasteiger partial charge in [-0.1, -0.05) is 256 Å². The Balaban J connectivity index is 4.33. The first kappa shape index (κ1) is 60.6. The second-order valence-electron chi connectivity index (χ2n) is 18.5. The largest absolute Gasteiger partial charge is 0.462 e. The highest BCUT2D eigenvalue weighted by Crippen LogP contribution is 2.17. The monoisotopic (exact) mass is 885 g/mol. The van der Waals surface area contributed by atoms with E-state index < -0.39 is 6.10 Å². The van der Waals surface area contributed by atoms with E-state index in [1.807, 2.05) is 0 Å². The van der Waals surface area contributed by atoms with Crippen LogP contribution in [0.2, 0.25) is 0 Å². The molecule has 0 heterocycles. The van der Waals surface area contributed by atoms with Crippen molar-refractivity contribution in [2.45, 2.75) is 297 Å². The molecule has 1 atom stereocenters. The molecule has 0 N–H and O–H groups in total. The SMILES string of the molecule is CC/C=C\C/C=C\C/C=C\CCCCC(=O)OCC(COC(=O)CCCCCCCCCCCCCCCCCCCC)OC(=O)CCCCCCCCCCCCCCCCC. The number of hydrogen-bond acceptors (Lipinski definition) is 6. The molecule has 63 heavy (non-hydrogen) atoms. The summed E-state index contributed by atoms with van der Waals surface area (Å²) in [6, 6.07) is 0. The van der Waals surface area contributed by atoms with Crippen LogP contribution in [0.1, 0.15) is 290 Å². The Morgan fingerprint density at radius 3 is 0.968 bits per heavy atom. The molecule has 0 radical (unpaired) electrons. The van der Waals surface area contributed by atoms with Crippen molar-refractivity contribution in [2.75, 3.05) is 13.2 Å². The normalized spacial score (nSPS) is 12.2. The van der Waals surface area contributed by atoms with Crippen molar-refractivity contribution >= 4 is 17.9 Å². The van der Waals surface area contributed by atoms with Crippen LogP contribution < -0.4 is 0 Å². The van der Waals surface area contributed by atoms with Crippen LogP contribution in [0.15, 0.2) is 36.5 Å². The van der Waals surface area contributed by atoms with Gasteiger partial charge in [-0.3, -0.25) is 14.4 Å². The minimum Gasteiger partial charge on any atom is -0.462 e. The summed E-state index contributed by atoms with van der Waals surface area (Å²) >= 11 is 0.